The molecule has 0 saturated heterocycles. The summed E-state index contributed by atoms with van der Waals surface area (Å²) in [5.41, 5.74) is -27.9. The molecule has 5 rings (SSSR count). The second-order valence-electron chi connectivity index (χ2n) is 21.5. The zero-order valence-electron chi connectivity index (χ0n) is 46.9. The van der Waals surface area contributed by atoms with Crippen LogP contribution in [0.15, 0.2) is 97.1 Å². The average molecular weight is 1300 g/mol. The number of alkyl halides is 24. The maximum absolute atomic E-state index is 14.2. The molecule has 0 atom stereocenters. The summed E-state index contributed by atoms with van der Waals surface area (Å²) >= 11 is 0. The number of hydrogen-bond acceptors (Lipinski definition) is 1. The molecule has 0 amide bonds. The highest BCUT2D eigenvalue weighted by Crippen LogP contribution is 2.42. The largest absolute Gasteiger partial charge is 0.416 e. The van der Waals surface area contributed by atoms with Gasteiger partial charge in [0.25, 0.3) is 0 Å². The monoisotopic (exact) mass is 1300 g/mol. The molecule has 0 fully saturated rings. The molecule has 0 unspecified atom stereocenters. The van der Waals surface area contributed by atoms with Gasteiger partial charge in [-0.2, -0.15) is 127 Å². The van der Waals surface area contributed by atoms with Gasteiger partial charge in [-0.25, -0.2) is 0 Å². The number of carbonyl (C=O) groups is 1. The Labute approximate surface area is 489 Å². The van der Waals surface area contributed by atoms with Crippen molar-refractivity contribution in [1.29, 1.82) is 0 Å². The van der Waals surface area contributed by atoms with E-state index in [4.69, 9.17) is 0 Å². The average Bonchev–Trinajstić information content (AvgIpc) is 0.725. The topological polar surface area (TPSA) is 17.1 Å². The smallest absolute Gasteiger partial charge is 0.289 e. The van der Waals surface area contributed by atoms with E-state index in [0.717, 1.165) is 12.0 Å². The van der Waals surface area contributed by atoms with Crippen LogP contribution in [0.1, 0.15) is 170 Å². The summed E-state index contributed by atoms with van der Waals surface area (Å²) in [6.45, 7) is 2.29. The van der Waals surface area contributed by atoms with Crippen molar-refractivity contribution in [2.24, 2.45) is 0 Å². The summed E-state index contributed by atoms with van der Waals surface area (Å²) in [5.74, 6) is 0.968. The zero-order valence-corrected chi connectivity index (χ0v) is 47.7. The number of unbranched alkanes of at least 4 members (excludes halogenated alkanes) is 15. The van der Waals surface area contributed by atoms with E-state index in [2.05, 4.69) is 31.6 Å². The van der Waals surface area contributed by atoms with E-state index in [1.807, 2.05) is 12.1 Å². The lowest BCUT2D eigenvalue weighted by atomic mass is 9.12. The highest BCUT2D eigenvalue weighted by Gasteiger charge is 2.47. The summed E-state index contributed by atoms with van der Waals surface area (Å²) < 4.78 is 341. The van der Waals surface area contributed by atoms with Gasteiger partial charge in [0.15, 0.2) is 5.75 Å². The second kappa shape index (κ2) is 29.9. The highest BCUT2D eigenvalue weighted by molar-refractivity contribution is 7.96. The van der Waals surface area contributed by atoms with Gasteiger partial charge < -0.3 is 0 Å². The number of rotatable bonds is 24. The molecule has 0 N–H and O–H groups in total. The molecule has 0 aliphatic carbocycles. The maximum atomic E-state index is 14.2. The van der Waals surface area contributed by atoms with Gasteiger partial charge in [-0.15, -0.1) is 0 Å². The minimum Gasteiger partial charge on any atom is -0.289 e. The lowest BCUT2D eigenvalue weighted by Gasteiger charge is -2.46. The Balaban J connectivity index is 0.000000455. The van der Waals surface area contributed by atoms with Gasteiger partial charge in [0.1, 0.15) is 6.15 Å². The van der Waals surface area contributed by atoms with Gasteiger partial charge in [0, 0.05) is 5.56 Å². The molecule has 5 aromatic carbocycles. The Morgan fingerprint density at radius 2 is 0.529 bits per heavy atom. The van der Waals surface area contributed by atoms with Crippen LogP contribution in [-0.2, 0) is 66.7 Å². The van der Waals surface area contributed by atoms with Crippen molar-refractivity contribution >= 4 is 44.7 Å². The minimum absolute atomic E-state index is 0.184. The van der Waals surface area contributed by atoms with E-state index in [1.54, 1.807) is 0 Å². The fourth-order valence-corrected chi connectivity index (χ4v) is 10.8. The normalized spacial score (nSPS) is 13.3. The minimum atomic E-state index is -6.13. The van der Waals surface area contributed by atoms with Crippen LogP contribution in [0.5, 0.6) is 0 Å². The maximum Gasteiger partial charge on any atom is 0.416 e. The van der Waals surface area contributed by atoms with Gasteiger partial charge in [-0.05, 0) is 53.6 Å². The molecule has 0 aliphatic rings. The van der Waals surface area contributed by atoms with Crippen LogP contribution in [-0.4, -0.2) is 30.2 Å². The molecule has 0 radical (unpaired) electrons. The fourth-order valence-electron chi connectivity index (χ4n) is 10.2. The first kappa shape index (κ1) is 74.0. The van der Waals surface area contributed by atoms with E-state index in [9.17, 15) is 110 Å². The third kappa shape index (κ3) is 21.9. The van der Waals surface area contributed by atoms with Crippen LogP contribution in [0, 0.1) is 0 Å². The van der Waals surface area contributed by atoms with Crippen LogP contribution in [0.25, 0.3) is 0 Å². The van der Waals surface area contributed by atoms with Crippen molar-refractivity contribution in [3.05, 3.63) is 153 Å². The molecule has 484 valence electrons. The Morgan fingerprint density at radius 1 is 0.322 bits per heavy atom. The molecule has 0 aliphatic heterocycles. The van der Waals surface area contributed by atoms with Gasteiger partial charge in [-0.1, -0.05) is 176 Å². The van der Waals surface area contributed by atoms with Crippen molar-refractivity contribution in [3.8, 4) is 0 Å². The first-order valence-electron chi connectivity index (χ1n) is 27.4. The molecule has 0 bridgehead atoms. The van der Waals surface area contributed by atoms with Crippen LogP contribution >= 0.6 is 0 Å². The third-order valence-electron chi connectivity index (χ3n) is 14.5. The SMILES string of the molecule is CCCCCCCCCCCCCCCCCCc1ccc(C(=O)C[S+](C)C)cc1.FC(F)(F)c1cc([B-](c2cc(C(F)(F)F)cc(C(F)(F)F)c2)(c2cc(C(F)(F)F)cc(C(F)(F)F)c2)c2cc(C(F)(F)F)cc(C(F)(F)F)c2)cc(C(F)(F)F)c1. The van der Waals surface area contributed by atoms with Gasteiger partial charge in [-0.3, -0.25) is 4.79 Å². The summed E-state index contributed by atoms with van der Waals surface area (Å²) in [7, 11) is 0.184. The van der Waals surface area contributed by atoms with E-state index in [-0.39, 0.29) is 16.7 Å². The number of aryl methyl sites for hydroxylation is 1. The first-order valence-corrected chi connectivity index (χ1v) is 29.6. The lowest BCUT2D eigenvalue weighted by Crippen LogP contribution is -2.75. The number of benzene rings is 5. The molecule has 0 saturated carbocycles. The molecular weight excluding hydrogens is 1240 g/mol. The first-order chi connectivity index (χ1) is 39.9. The quantitative estimate of drug-likeness (QED) is 0.0198. The van der Waals surface area contributed by atoms with Crippen molar-refractivity contribution < 1.29 is 110 Å². The predicted molar refractivity (Wildman–Crippen MR) is 288 cm³/mol. The third-order valence-corrected chi connectivity index (χ3v) is 15.3. The molecule has 0 aromatic heterocycles. The number of ketones is 1. The number of Topliss-reactive ketones (excluding diaryl/α,β-unsaturated/α-hetero) is 1. The Bertz CT molecular complexity index is 2560. The highest BCUT2D eigenvalue weighted by atomic mass is 32.2. The van der Waals surface area contributed by atoms with Crippen molar-refractivity contribution in [1.82, 2.24) is 0 Å². The molecule has 5 aromatic rings. The van der Waals surface area contributed by atoms with E-state index < -0.39 is 195 Å². The van der Waals surface area contributed by atoms with Crippen LogP contribution < -0.4 is 21.9 Å². The van der Waals surface area contributed by atoms with E-state index in [1.165, 1.54) is 108 Å². The number of halogens is 24. The summed E-state index contributed by atoms with van der Waals surface area (Å²) in [5, 5.41) is 0. The fraction of sp³-hybridized carbons (Fsp3) is 0.483. The standard InChI is InChI=1S/C32H12BF24.C28H49OS/c34-25(35,36)13-1-14(26(37,38)39)6-21(5-13)33(22-7-15(27(40,41)42)2-16(8-22)28(43,44)45,23-9-17(29(46,47)48)3-18(10-23)30(49,50)51)24-11-19(31(52,53)54)4-20(12-24)32(55,56)57;1-4-5-6-7-8-9-10-11-12-13-14-15-16-17-18-19-20-26-21-23-27(24-22-26)28(29)25-30(2)3/h1-12H;21-24H,4-20,25H2,1-3H3/q-1;+1. The van der Waals surface area contributed by atoms with E-state index in [0.29, 0.717) is 5.75 Å². The molecule has 27 heteroatoms. The predicted octanol–water partition coefficient (Wildman–Crippen LogP) is 19.8. The van der Waals surface area contributed by atoms with Crippen molar-refractivity contribution in [2.75, 3.05) is 18.3 Å². The molecule has 0 heterocycles. The van der Waals surface area contributed by atoms with Crippen molar-refractivity contribution in [2.45, 2.75) is 165 Å². The van der Waals surface area contributed by atoms with Gasteiger partial charge in [0.2, 0.25) is 5.78 Å². The Morgan fingerprint density at radius 3 is 0.724 bits per heavy atom. The van der Waals surface area contributed by atoms with Gasteiger partial charge in [0.05, 0.1) is 57.0 Å². The molecular formula is C60H61BF24OS. The van der Waals surface area contributed by atoms with E-state index >= 15 is 0 Å². The Hall–Kier alpha value is -5.50. The summed E-state index contributed by atoms with van der Waals surface area (Å²) in [6.07, 6.45) is -26.7. The van der Waals surface area contributed by atoms with Crippen LogP contribution in [0.3, 0.4) is 0 Å². The van der Waals surface area contributed by atoms with Crippen LogP contribution in [0.4, 0.5) is 105 Å². The number of hydrogen-bond donors (Lipinski definition) is 0. The lowest BCUT2D eigenvalue weighted by molar-refractivity contribution is -0.144. The van der Waals surface area contributed by atoms with Gasteiger partial charge >= 0.3 is 49.4 Å². The van der Waals surface area contributed by atoms with Crippen LogP contribution in [0.2, 0.25) is 0 Å². The molecule has 1 nitrogen and oxygen atoms in total. The van der Waals surface area contributed by atoms with Crippen molar-refractivity contribution in [3.63, 3.8) is 0 Å². The second-order valence-corrected chi connectivity index (χ2v) is 23.8. The molecule has 87 heavy (non-hydrogen) atoms. The summed E-state index contributed by atoms with van der Waals surface area (Å²) in [6, 6.07) is -0.451. The number of carbonyl (C=O) groups excluding carboxylic acids is 1. The zero-order chi connectivity index (χ0) is 65.8. The Kier molecular flexibility index (Phi) is 25.4. The molecule has 0 spiro atoms. The summed E-state index contributed by atoms with van der Waals surface area (Å²) in [4.78, 5) is 12.1.